The molecule has 0 aromatic heterocycles. The van der Waals surface area contributed by atoms with Gasteiger partial charge in [-0.2, -0.15) is 0 Å². The van der Waals surface area contributed by atoms with E-state index < -0.39 is 72.0 Å². The lowest BCUT2D eigenvalue weighted by Crippen LogP contribution is -2.62. The van der Waals surface area contributed by atoms with Crippen LogP contribution in [0.4, 0.5) is 0 Å². The van der Waals surface area contributed by atoms with E-state index in [2.05, 4.69) is 28.2 Å². The summed E-state index contributed by atoms with van der Waals surface area (Å²) in [5.74, 6) is -2.65. The minimum atomic E-state index is -1.31. The third-order valence-electron chi connectivity index (χ3n) is 10.2. The molecule has 274 valence electrons. The lowest BCUT2D eigenvalue weighted by atomic mass is 9.83. The van der Waals surface area contributed by atoms with Gasteiger partial charge in [0.25, 0.3) is 0 Å². The first kappa shape index (κ1) is 39.7. The van der Waals surface area contributed by atoms with E-state index in [-0.39, 0.29) is 25.0 Å². The molecule has 0 aromatic carbocycles. The van der Waals surface area contributed by atoms with Crippen LogP contribution >= 0.6 is 0 Å². The van der Waals surface area contributed by atoms with Crippen LogP contribution in [-0.2, 0) is 28.7 Å². The largest absolute Gasteiger partial charge is 0.391 e. The monoisotopic (exact) mass is 678 g/mol. The SMILES string of the molecule is CCCC[C@H]1OC[C@@H](C)NC(=O)[C@H]([C@H](C)O)NC(=O)[C@H](CN)NC(=O)[C@H](C2CCCCC2)NC(=O)[C@H](CCC)N(C)C(=O)[C@@H]1CC1CC1. The molecule has 2 aliphatic carbocycles. The van der Waals surface area contributed by atoms with Gasteiger partial charge in [0.2, 0.25) is 29.5 Å². The summed E-state index contributed by atoms with van der Waals surface area (Å²) in [6, 6.07) is -4.77. The van der Waals surface area contributed by atoms with Crippen molar-refractivity contribution in [1.29, 1.82) is 0 Å². The summed E-state index contributed by atoms with van der Waals surface area (Å²) in [5.41, 5.74) is 5.93. The number of hydrogen-bond acceptors (Lipinski definition) is 8. The maximum atomic E-state index is 14.4. The molecule has 0 unspecified atom stereocenters. The number of carbonyl (C=O) groups excluding carboxylic acids is 5. The van der Waals surface area contributed by atoms with Gasteiger partial charge in [-0.05, 0) is 57.8 Å². The van der Waals surface area contributed by atoms with E-state index in [0.29, 0.717) is 31.6 Å². The van der Waals surface area contributed by atoms with Crippen LogP contribution < -0.4 is 27.0 Å². The topological polar surface area (TPSA) is 192 Å². The van der Waals surface area contributed by atoms with Gasteiger partial charge in [-0.3, -0.25) is 24.0 Å². The molecule has 0 spiro atoms. The Balaban J connectivity index is 2.04. The smallest absolute Gasteiger partial charge is 0.245 e. The highest BCUT2D eigenvalue weighted by Gasteiger charge is 2.41. The van der Waals surface area contributed by atoms with Crippen molar-refractivity contribution in [2.45, 2.75) is 154 Å². The van der Waals surface area contributed by atoms with E-state index in [9.17, 15) is 29.1 Å². The fraction of sp³-hybridized carbons (Fsp3) is 0.857. The van der Waals surface area contributed by atoms with Crippen LogP contribution in [0.1, 0.15) is 111 Å². The van der Waals surface area contributed by atoms with Crippen LogP contribution in [0.25, 0.3) is 0 Å². The van der Waals surface area contributed by atoms with Gasteiger partial charge in [0.05, 0.1) is 24.7 Å². The molecule has 13 heteroatoms. The first-order valence-electron chi connectivity index (χ1n) is 18.4. The Morgan fingerprint density at radius 3 is 2.15 bits per heavy atom. The lowest BCUT2D eigenvalue weighted by molar-refractivity contribution is -0.148. The van der Waals surface area contributed by atoms with Crippen LogP contribution in [0.5, 0.6) is 0 Å². The molecular weight excluding hydrogens is 616 g/mol. The predicted molar refractivity (Wildman–Crippen MR) is 182 cm³/mol. The Kier molecular flexibility index (Phi) is 16.1. The van der Waals surface area contributed by atoms with Crippen LogP contribution in [-0.4, -0.2) is 102 Å². The molecule has 3 aliphatic rings. The standard InChI is InChI=1S/C35H62N6O7/c1-6-8-15-28-25(18-23-16-17-23)35(47)41(5)27(12-7-2)32(44)40-30(24-13-10-9-11-14-24)34(46)38-26(19-36)31(43)39-29(22(4)42)33(45)37-21(3)20-48-28/h21-30,42H,6-20,36H2,1-5H3,(H,37,45)(H,38,46)(H,39,43)(H,40,44)/t21-,22+,25-,26+,27+,28-,29+,30+/m1/s1. The Morgan fingerprint density at radius 2 is 1.56 bits per heavy atom. The number of nitrogens with zero attached hydrogens (tertiary/aromatic N) is 1. The molecule has 3 rings (SSSR count). The van der Waals surface area contributed by atoms with Gasteiger partial charge >= 0.3 is 0 Å². The van der Waals surface area contributed by atoms with Gasteiger partial charge in [-0.25, -0.2) is 0 Å². The Hall–Kier alpha value is -2.77. The van der Waals surface area contributed by atoms with Crippen molar-refractivity contribution in [3.05, 3.63) is 0 Å². The van der Waals surface area contributed by atoms with Crippen molar-refractivity contribution in [2.24, 2.45) is 23.5 Å². The first-order chi connectivity index (χ1) is 22.9. The summed E-state index contributed by atoms with van der Waals surface area (Å²) < 4.78 is 6.43. The summed E-state index contributed by atoms with van der Waals surface area (Å²) in [7, 11) is 1.67. The highest BCUT2D eigenvalue weighted by molar-refractivity contribution is 5.96. The van der Waals surface area contributed by atoms with Gasteiger partial charge in [-0.15, -0.1) is 0 Å². The van der Waals surface area contributed by atoms with Gasteiger partial charge in [0.1, 0.15) is 24.2 Å². The fourth-order valence-electron chi connectivity index (χ4n) is 7.03. The minimum absolute atomic E-state index is 0.113. The predicted octanol–water partition coefficient (Wildman–Crippen LogP) is 1.50. The molecular formula is C35H62N6O7. The molecule has 2 saturated carbocycles. The van der Waals surface area contributed by atoms with Crippen molar-refractivity contribution in [2.75, 3.05) is 20.2 Å². The van der Waals surface area contributed by atoms with Crippen LogP contribution in [0.15, 0.2) is 0 Å². The Bertz CT molecular complexity index is 1080. The minimum Gasteiger partial charge on any atom is -0.391 e. The zero-order valence-corrected chi connectivity index (χ0v) is 29.8. The molecule has 3 fully saturated rings. The van der Waals surface area contributed by atoms with E-state index in [0.717, 1.165) is 57.8 Å². The number of amides is 5. The molecule has 1 heterocycles. The number of unbranched alkanes of at least 4 members (excludes halogenated alkanes) is 1. The van der Waals surface area contributed by atoms with Gasteiger partial charge in [0.15, 0.2) is 0 Å². The maximum absolute atomic E-state index is 14.4. The molecule has 0 radical (unpaired) electrons. The maximum Gasteiger partial charge on any atom is 0.245 e. The number of aliphatic hydroxyl groups is 1. The number of ether oxygens (including phenoxy) is 1. The quantitative estimate of drug-likeness (QED) is 0.200. The molecule has 0 aromatic rings. The zero-order valence-electron chi connectivity index (χ0n) is 29.8. The molecule has 1 saturated heterocycles. The van der Waals surface area contributed by atoms with Gasteiger partial charge < -0.3 is 41.7 Å². The van der Waals surface area contributed by atoms with Crippen molar-refractivity contribution < 1.29 is 33.8 Å². The van der Waals surface area contributed by atoms with E-state index in [1.165, 1.54) is 6.92 Å². The van der Waals surface area contributed by atoms with Crippen molar-refractivity contribution >= 4 is 29.5 Å². The van der Waals surface area contributed by atoms with E-state index in [4.69, 9.17) is 10.5 Å². The summed E-state index contributed by atoms with van der Waals surface area (Å²) in [6.45, 7) is 7.04. The zero-order chi connectivity index (χ0) is 35.4. The number of nitrogens with one attached hydrogen (secondary N) is 4. The molecule has 7 N–H and O–H groups in total. The molecule has 48 heavy (non-hydrogen) atoms. The number of hydrogen-bond donors (Lipinski definition) is 6. The molecule has 5 amide bonds. The number of rotatable bonds is 10. The summed E-state index contributed by atoms with van der Waals surface area (Å²) in [4.78, 5) is 70.6. The van der Waals surface area contributed by atoms with E-state index >= 15 is 0 Å². The lowest BCUT2D eigenvalue weighted by Gasteiger charge is -2.36. The van der Waals surface area contributed by atoms with E-state index in [1.807, 2.05) is 6.92 Å². The first-order valence-corrected chi connectivity index (χ1v) is 18.4. The number of aliphatic hydroxyl groups excluding tert-OH is 1. The average Bonchev–Trinajstić information content (AvgIpc) is 3.89. The second kappa shape index (κ2) is 19.4. The van der Waals surface area contributed by atoms with Gasteiger partial charge in [0, 0.05) is 19.6 Å². The highest BCUT2D eigenvalue weighted by Crippen LogP contribution is 2.38. The number of nitrogens with two attached hydrogens (primary N) is 1. The third-order valence-corrected chi connectivity index (χ3v) is 10.2. The summed E-state index contributed by atoms with van der Waals surface area (Å²) in [5, 5.41) is 21.5. The molecule has 0 bridgehead atoms. The van der Waals surface area contributed by atoms with Crippen molar-refractivity contribution in [3.8, 4) is 0 Å². The van der Waals surface area contributed by atoms with Crippen molar-refractivity contribution in [1.82, 2.24) is 26.2 Å². The van der Waals surface area contributed by atoms with Gasteiger partial charge in [-0.1, -0.05) is 65.2 Å². The molecule has 1 aliphatic heterocycles. The van der Waals surface area contributed by atoms with Crippen LogP contribution in [0.2, 0.25) is 0 Å². The highest BCUT2D eigenvalue weighted by atomic mass is 16.5. The summed E-state index contributed by atoms with van der Waals surface area (Å²) >= 11 is 0. The molecule has 13 nitrogen and oxygen atoms in total. The number of likely N-dealkylation sites (N-methyl/N-ethyl adjacent to an activating group) is 1. The van der Waals surface area contributed by atoms with Crippen LogP contribution in [0, 0.1) is 17.8 Å². The fourth-order valence-corrected chi connectivity index (χ4v) is 7.03. The average molecular weight is 679 g/mol. The normalized spacial score (nSPS) is 31.9. The second-order valence-electron chi connectivity index (χ2n) is 14.4. The Labute approximate surface area is 286 Å². The number of carbonyl (C=O) groups is 5. The second-order valence-corrected chi connectivity index (χ2v) is 14.4. The van der Waals surface area contributed by atoms with Crippen LogP contribution in [0.3, 0.4) is 0 Å². The van der Waals surface area contributed by atoms with E-state index in [1.54, 1.807) is 18.9 Å². The molecule has 8 atom stereocenters. The Morgan fingerprint density at radius 1 is 0.875 bits per heavy atom. The third kappa shape index (κ3) is 11.4. The van der Waals surface area contributed by atoms with Crippen molar-refractivity contribution in [3.63, 3.8) is 0 Å². The summed E-state index contributed by atoms with van der Waals surface area (Å²) in [6.07, 6.45) is 8.87.